The fourth-order valence-corrected chi connectivity index (χ4v) is 0.304. The van der Waals surface area contributed by atoms with E-state index >= 15 is 0 Å². The lowest BCUT2D eigenvalue weighted by Crippen LogP contribution is -2.07. The predicted octanol–water partition coefficient (Wildman–Crippen LogP) is -1.16. The summed E-state index contributed by atoms with van der Waals surface area (Å²) in [7, 11) is -2.17. The van der Waals surface area contributed by atoms with Crippen LogP contribution in [-0.2, 0) is 0 Å². The van der Waals surface area contributed by atoms with Gasteiger partial charge in [-0.25, -0.2) is 0 Å². The van der Waals surface area contributed by atoms with Crippen LogP contribution in [0, 0.1) is 5.39 Å². The molecule has 0 saturated heterocycles. The van der Waals surface area contributed by atoms with Crippen LogP contribution in [-0.4, -0.2) is 32.6 Å². The van der Waals surface area contributed by atoms with Crippen molar-refractivity contribution in [2.45, 2.75) is 0 Å². The van der Waals surface area contributed by atoms with Crippen LogP contribution in [0.2, 0.25) is 0 Å². The summed E-state index contributed by atoms with van der Waals surface area (Å²) in [6.07, 6.45) is 1.51. The highest BCUT2D eigenvalue weighted by Gasteiger charge is 1.97. The van der Waals surface area contributed by atoms with Crippen LogP contribution >= 0.6 is 0 Å². The molecule has 0 saturated carbocycles. The third-order valence-electron chi connectivity index (χ3n) is 0.594. The van der Waals surface area contributed by atoms with Crippen LogP contribution in [0.5, 0.6) is 0 Å². The normalized spacial score (nSPS) is 7.45. The second-order valence-corrected chi connectivity index (χ2v) is 1.39. The molecule has 11 heavy (non-hydrogen) atoms. The molecule has 0 amide bonds. The lowest BCUT2D eigenvalue weighted by molar-refractivity contribution is 0.278. The van der Waals surface area contributed by atoms with Gasteiger partial charge in [0, 0.05) is 4.98 Å². The molecule has 0 bridgehead atoms. The largest absolute Gasteiger partial charge is 0.631 e. The molecule has 1 rings (SSSR count). The van der Waals surface area contributed by atoms with Gasteiger partial charge in [-0.05, 0) is 0 Å². The Labute approximate surface area is 62.1 Å². The molecule has 0 unspecified atom stereocenters. The van der Waals surface area contributed by atoms with Crippen LogP contribution in [0.3, 0.4) is 0 Å². The minimum atomic E-state index is -2.17. The summed E-state index contributed by atoms with van der Waals surface area (Å²) >= 11 is 0. The molecular formula is C3H6BN4O3+. The van der Waals surface area contributed by atoms with E-state index in [-0.39, 0.29) is 0 Å². The van der Waals surface area contributed by atoms with Crippen LogP contribution in [0.4, 0.5) is 5.82 Å². The van der Waals surface area contributed by atoms with E-state index in [0.717, 1.165) is 0 Å². The fraction of sp³-hybridized carbons (Fsp3) is 0. The summed E-state index contributed by atoms with van der Waals surface area (Å²) in [6.45, 7) is 0. The zero-order valence-corrected chi connectivity index (χ0v) is 5.42. The molecule has 1 aromatic heterocycles. The van der Waals surface area contributed by atoms with Crippen molar-refractivity contribution in [2.75, 3.05) is 0 Å². The van der Waals surface area contributed by atoms with E-state index in [1.54, 1.807) is 6.07 Å². The third-order valence-corrected chi connectivity index (χ3v) is 0.594. The molecule has 1 aromatic rings. The number of nitrogens with zero attached hydrogens (tertiary/aromatic N) is 3. The van der Waals surface area contributed by atoms with Gasteiger partial charge in [-0.15, -0.1) is 5.10 Å². The first-order valence-corrected chi connectivity index (χ1v) is 2.55. The van der Waals surface area contributed by atoms with Crippen LogP contribution in [0.15, 0.2) is 12.3 Å². The Morgan fingerprint density at radius 1 is 1.55 bits per heavy atom. The number of rotatable bonds is 0. The van der Waals surface area contributed by atoms with Gasteiger partial charge in [-0.1, -0.05) is 5.10 Å². The first kappa shape index (κ1) is 9.57. The Kier molecular flexibility index (Phi) is 4.67. The number of diazo groups is 1. The third kappa shape index (κ3) is 6.46. The maximum Gasteiger partial charge on any atom is 0.631 e. The molecule has 58 valence electrons. The van der Waals surface area contributed by atoms with Gasteiger partial charge in [0.15, 0.2) is 0 Å². The average molecular weight is 157 g/mol. The molecule has 0 aromatic carbocycles. The number of hydrogen-bond donors (Lipinski definition) is 4. The number of aromatic nitrogens is 2. The zero-order valence-electron chi connectivity index (χ0n) is 5.42. The van der Waals surface area contributed by atoms with Crippen LogP contribution < -0.4 is 0 Å². The SMILES string of the molecule is N#[N+]c1ccn[nH]1.OB(O)O. The first-order chi connectivity index (χ1) is 5.16. The topological polar surface area (TPSA) is 118 Å². The molecule has 0 spiro atoms. The molecule has 0 aliphatic heterocycles. The lowest BCUT2D eigenvalue weighted by Gasteiger charge is -1.69. The van der Waals surface area contributed by atoms with Gasteiger partial charge in [0.05, 0.1) is 17.7 Å². The second-order valence-electron chi connectivity index (χ2n) is 1.39. The van der Waals surface area contributed by atoms with Crippen molar-refractivity contribution in [1.29, 1.82) is 5.39 Å². The van der Waals surface area contributed by atoms with Gasteiger partial charge in [0.1, 0.15) is 0 Å². The van der Waals surface area contributed by atoms with Crippen molar-refractivity contribution in [3.05, 3.63) is 17.2 Å². The summed E-state index contributed by atoms with van der Waals surface area (Å²) in [5.41, 5.74) is 0. The van der Waals surface area contributed by atoms with Gasteiger partial charge >= 0.3 is 13.1 Å². The molecule has 0 fully saturated rings. The molecule has 1 heterocycles. The van der Waals surface area contributed by atoms with Gasteiger partial charge in [0.25, 0.3) is 0 Å². The highest BCUT2D eigenvalue weighted by Crippen LogP contribution is 2.00. The summed E-state index contributed by atoms with van der Waals surface area (Å²) in [5.74, 6) is 0.375. The number of aromatic amines is 1. The lowest BCUT2D eigenvalue weighted by atomic mass is 10.3. The molecule has 0 atom stereocenters. The minimum Gasteiger partial charge on any atom is -0.402 e. The predicted molar refractivity (Wildman–Crippen MR) is 35.7 cm³/mol. The zero-order chi connectivity index (χ0) is 8.69. The van der Waals surface area contributed by atoms with Gasteiger partial charge < -0.3 is 15.1 Å². The quantitative estimate of drug-likeness (QED) is 0.280. The van der Waals surface area contributed by atoms with Crippen LogP contribution in [0.25, 0.3) is 4.98 Å². The summed E-state index contributed by atoms with van der Waals surface area (Å²) in [6, 6.07) is 1.56. The smallest absolute Gasteiger partial charge is 0.402 e. The van der Waals surface area contributed by atoms with Gasteiger partial charge in [-0.2, -0.15) is 0 Å². The maximum absolute atomic E-state index is 7.98. The van der Waals surface area contributed by atoms with Crippen molar-refractivity contribution in [3.63, 3.8) is 0 Å². The van der Waals surface area contributed by atoms with Crippen molar-refractivity contribution in [2.24, 2.45) is 0 Å². The van der Waals surface area contributed by atoms with E-state index in [4.69, 9.17) is 20.5 Å². The van der Waals surface area contributed by atoms with Gasteiger partial charge in [-0.3, -0.25) is 0 Å². The van der Waals surface area contributed by atoms with E-state index in [1.165, 1.54) is 6.20 Å². The second kappa shape index (κ2) is 5.37. The Bertz CT molecular complexity index is 214. The fourth-order valence-electron chi connectivity index (χ4n) is 0.304. The summed E-state index contributed by atoms with van der Waals surface area (Å²) in [5, 5.41) is 35.4. The number of hydrogen-bond acceptors (Lipinski definition) is 5. The standard InChI is InChI=1S/C3H3N4.BH3O3/c4-6-3-1-2-5-7-3;2-1(3)4/h1-2H,(H,5,7);2-4H/q+1;. The average Bonchev–Trinajstić information content (AvgIpc) is 2.36. The van der Waals surface area contributed by atoms with Crippen molar-refractivity contribution < 1.29 is 15.1 Å². The molecular weight excluding hydrogens is 151 g/mol. The Morgan fingerprint density at radius 3 is 2.27 bits per heavy atom. The monoisotopic (exact) mass is 157 g/mol. The number of H-pyrrole nitrogens is 1. The first-order valence-electron chi connectivity index (χ1n) is 2.55. The summed E-state index contributed by atoms with van der Waals surface area (Å²) in [4.78, 5) is 2.81. The van der Waals surface area contributed by atoms with E-state index < -0.39 is 7.32 Å². The minimum absolute atomic E-state index is 0.375. The number of nitrogens with one attached hydrogen (secondary N) is 1. The van der Waals surface area contributed by atoms with Crippen LogP contribution in [0.1, 0.15) is 0 Å². The van der Waals surface area contributed by atoms with Crippen molar-refractivity contribution in [3.8, 4) is 0 Å². The summed E-state index contributed by atoms with van der Waals surface area (Å²) < 4.78 is 0. The Hall–Kier alpha value is -1.43. The highest BCUT2D eigenvalue weighted by atomic mass is 16.5. The molecule has 0 radical (unpaired) electrons. The molecule has 0 aliphatic carbocycles. The Morgan fingerprint density at radius 2 is 2.09 bits per heavy atom. The highest BCUT2D eigenvalue weighted by molar-refractivity contribution is 6.30. The molecule has 8 heteroatoms. The molecule has 7 nitrogen and oxygen atoms in total. The van der Waals surface area contributed by atoms with Crippen molar-refractivity contribution >= 4 is 13.1 Å². The maximum atomic E-state index is 7.98. The van der Waals surface area contributed by atoms with E-state index in [2.05, 4.69) is 15.2 Å². The van der Waals surface area contributed by atoms with E-state index in [0.29, 0.717) is 5.82 Å². The van der Waals surface area contributed by atoms with E-state index in [1.807, 2.05) is 0 Å². The van der Waals surface area contributed by atoms with E-state index in [9.17, 15) is 0 Å². The Balaban J connectivity index is 0.000000218. The molecule has 4 N–H and O–H groups in total. The van der Waals surface area contributed by atoms with Crippen molar-refractivity contribution in [1.82, 2.24) is 10.2 Å². The van der Waals surface area contributed by atoms with Gasteiger partial charge in [0.2, 0.25) is 0 Å². The molecule has 0 aliphatic rings.